The van der Waals surface area contributed by atoms with Gasteiger partial charge in [0, 0.05) is 25.4 Å². The first-order valence-corrected chi connectivity index (χ1v) is 7.87. The second kappa shape index (κ2) is 7.41. The number of nitrogens with one attached hydrogen (secondary N) is 1. The summed E-state index contributed by atoms with van der Waals surface area (Å²) in [7, 11) is 0. The van der Waals surface area contributed by atoms with Crippen LogP contribution in [0.4, 0.5) is 5.82 Å². The standard InChI is InChI=1S/C16H26N4O/c1-3-20(9-10-21-4-2)16-13(15(17)18)11-12-7-5-6-8-14(12)19-16/h11H,3-10H2,1-2H3,(H3,17,18). The van der Waals surface area contributed by atoms with Gasteiger partial charge in [-0.2, -0.15) is 0 Å². The third-order valence-electron chi connectivity index (χ3n) is 3.96. The number of rotatable bonds is 7. The largest absolute Gasteiger partial charge is 0.384 e. The molecule has 0 unspecified atom stereocenters. The van der Waals surface area contributed by atoms with Crippen LogP contribution in [0.3, 0.4) is 0 Å². The Balaban J connectivity index is 2.32. The minimum absolute atomic E-state index is 0.0979. The van der Waals surface area contributed by atoms with Crippen molar-refractivity contribution < 1.29 is 4.74 Å². The van der Waals surface area contributed by atoms with Crippen molar-refractivity contribution in [1.29, 1.82) is 5.41 Å². The van der Waals surface area contributed by atoms with Gasteiger partial charge in [-0.05, 0) is 51.2 Å². The molecule has 0 spiro atoms. The van der Waals surface area contributed by atoms with E-state index in [-0.39, 0.29) is 5.84 Å². The van der Waals surface area contributed by atoms with Crippen LogP contribution < -0.4 is 10.6 Å². The van der Waals surface area contributed by atoms with E-state index in [1.807, 2.05) is 6.92 Å². The van der Waals surface area contributed by atoms with Crippen LogP contribution >= 0.6 is 0 Å². The van der Waals surface area contributed by atoms with Crippen LogP contribution in [0, 0.1) is 5.41 Å². The van der Waals surface area contributed by atoms with Crippen LogP contribution in [-0.2, 0) is 17.6 Å². The van der Waals surface area contributed by atoms with Crippen LogP contribution in [0.25, 0.3) is 0 Å². The van der Waals surface area contributed by atoms with Gasteiger partial charge in [0.1, 0.15) is 11.7 Å². The second-order valence-corrected chi connectivity index (χ2v) is 5.36. The normalized spacial score (nSPS) is 13.8. The molecule has 3 N–H and O–H groups in total. The summed E-state index contributed by atoms with van der Waals surface area (Å²) in [6.45, 7) is 7.08. The summed E-state index contributed by atoms with van der Waals surface area (Å²) in [6, 6.07) is 2.07. The highest BCUT2D eigenvalue weighted by Gasteiger charge is 2.19. The summed E-state index contributed by atoms with van der Waals surface area (Å²) in [5.74, 6) is 0.936. The predicted molar refractivity (Wildman–Crippen MR) is 86.3 cm³/mol. The number of fused-ring (bicyclic) bond motifs is 1. The number of amidine groups is 1. The highest BCUT2D eigenvalue weighted by molar-refractivity contribution is 5.99. The van der Waals surface area contributed by atoms with E-state index in [0.717, 1.165) is 43.9 Å². The molecule has 0 saturated heterocycles. The fraction of sp³-hybridized carbons (Fsp3) is 0.625. The predicted octanol–water partition coefficient (Wildman–Crippen LogP) is 2.11. The number of anilines is 1. The topological polar surface area (TPSA) is 75.2 Å². The van der Waals surface area contributed by atoms with E-state index in [9.17, 15) is 0 Å². The number of pyridine rings is 1. The number of nitrogen functional groups attached to an aromatic ring is 1. The maximum absolute atomic E-state index is 7.86. The van der Waals surface area contributed by atoms with Crippen molar-refractivity contribution in [2.45, 2.75) is 39.5 Å². The molecule has 2 rings (SSSR count). The van der Waals surface area contributed by atoms with Gasteiger partial charge in [0.15, 0.2) is 0 Å². The number of hydrogen-bond donors (Lipinski definition) is 2. The van der Waals surface area contributed by atoms with Gasteiger partial charge in [0.05, 0.1) is 12.2 Å². The zero-order valence-corrected chi connectivity index (χ0v) is 13.1. The molecular formula is C16H26N4O. The van der Waals surface area contributed by atoms with Gasteiger partial charge < -0.3 is 15.4 Å². The Labute approximate surface area is 127 Å². The van der Waals surface area contributed by atoms with Crippen LogP contribution in [-0.4, -0.2) is 37.1 Å². The number of hydrogen-bond acceptors (Lipinski definition) is 4. The quantitative estimate of drug-likeness (QED) is 0.458. The monoisotopic (exact) mass is 290 g/mol. The zero-order valence-electron chi connectivity index (χ0n) is 13.1. The molecule has 1 aromatic heterocycles. The van der Waals surface area contributed by atoms with Gasteiger partial charge in [-0.15, -0.1) is 0 Å². The minimum atomic E-state index is 0.0979. The lowest BCUT2D eigenvalue weighted by Crippen LogP contribution is -2.31. The summed E-state index contributed by atoms with van der Waals surface area (Å²) < 4.78 is 5.45. The van der Waals surface area contributed by atoms with Crippen molar-refractivity contribution in [2.24, 2.45) is 5.73 Å². The maximum Gasteiger partial charge on any atom is 0.139 e. The van der Waals surface area contributed by atoms with Gasteiger partial charge in [0.25, 0.3) is 0 Å². The fourth-order valence-electron chi connectivity index (χ4n) is 2.79. The number of likely N-dealkylation sites (N-methyl/N-ethyl adjacent to an activating group) is 1. The van der Waals surface area contributed by atoms with Crippen molar-refractivity contribution in [2.75, 3.05) is 31.2 Å². The van der Waals surface area contributed by atoms with Crippen molar-refractivity contribution >= 4 is 11.7 Å². The highest BCUT2D eigenvalue weighted by atomic mass is 16.5. The molecule has 1 aromatic rings. The molecule has 1 aliphatic rings. The van der Waals surface area contributed by atoms with Gasteiger partial charge in [-0.25, -0.2) is 4.98 Å². The molecule has 0 aliphatic heterocycles. The molecule has 0 amide bonds. The average Bonchev–Trinajstić information content (AvgIpc) is 2.50. The van der Waals surface area contributed by atoms with E-state index < -0.39 is 0 Å². The van der Waals surface area contributed by atoms with Crippen molar-refractivity contribution in [3.63, 3.8) is 0 Å². The molecule has 0 bridgehead atoms. The molecule has 5 heteroatoms. The first-order valence-electron chi connectivity index (χ1n) is 7.87. The molecule has 5 nitrogen and oxygen atoms in total. The Hall–Kier alpha value is -1.62. The molecule has 1 heterocycles. The second-order valence-electron chi connectivity index (χ2n) is 5.36. The van der Waals surface area contributed by atoms with E-state index in [1.54, 1.807) is 0 Å². The van der Waals surface area contributed by atoms with Crippen molar-refractivity contribution in [1.82, 2.24) is 4.98 Å². The summed E-state index contributed by atoms with van der Waals surface area (Å²) in [6.07, 6.45) is 4.48. The van der Waals surface area contributed by atoms with E-state index in [4.69, 9.17) is 20.9 Å². The third kappa shape index (κ3) is 3.73. The third-order valence-corrected chi connectivity index (χ3v) is 3.96. The molecular weight excluding hydrogens is 264 g/mol. The Morgan fingerprint density at radius 3 is 2.81 bits per heavy atom. The number of aryl methyl sites for hydroxylation is 2. The molecule has 0 radical (unpaired) electrons. The summed E-state index contributed by atoms with van der Waals surface area (Å²) in [4.78, 5) is 6.99. The van der Waals surface area contributed by atoms with E-state index in [2.05, 4.69) is 17.9 Å². The Kier molecular flexibility index (Phi) is 5.56. The lowest BCUT2D eigenvalue weighted by Gasteiger charge is -2.27. The van der Waals surface area contributed by atoms with Crippen LogP contribution in [0.1, 0.15) is 43.5 Å². The Bertz CT molecular complexity index is 501. The maximum atomic E-state index is 7.86. The SMILES string of the molecule is CCOCCN(CC)c1nc2c(cc1C(=N)N)CCCC2. The lowest BCUT2D eigenvalue weighted by atomic mass is 9.94. The summed E-state index contributed by atoms with van der Waals surface area (Å²) in [5, 5.41) is 7.86. The number of nitrogens with zero attached hydrogens (tertiary/aromatic N) is 2. The first-order chi connectivity index (χ1) is 10.2. The Morgan fingerprint density at radius 2 is 2.14 bits per heavy atom. The Morgan fingerprint density at radius 1 is 1.38 bits per heavy atom. The molecule has 0 atom stereocenters. The highest BCUT2D eigenvalue weighted by Crippen LogP contribution is 2.26. The van der Waals surface area contributed by atoms with Crippen LogP contribution in [0.2, 0.25) is 0 Å². The number of nitrogens with two attached hydrogens (primary N) is 1. The van der Waals surface area contributed by atoms with Crippen LogP contribution in [0.5, 0.6) is 0 Å². The molecule has 116 valence electrons. The fourth-order valence-corrected chi connectivity index (χ4v) is 2.79. The van der Waals surface area contributed by atoms with E-state index in [1.165, 1.54) is 24.1 Å². The average molecular weight is 290 g/mol. The minimum Gasteiger partial charge on any atom is -0.384 e. The van der Waals surface area contributed by atoms with E-state index >= 15 is 0 Å². The van der Waals surface area contributed by atoms with Gasteiger partial charge in [0.2, 0.25) is 0 Å². The summed E-state index contributed by atoms with van der Waals surface area (Å²) >= 11 is 0. The molecule has 21 heavy (non-hydrogen) atoms. The number of aromatic nitrogens is 1. The molecule has 0 saturated carbocycles. The first kappa shape index (κ1) is 15.8. The number of ether oxygens (including phenoxy) is 1. The molecule has 1 aliphatic carbocycles. The smallest absolute Gasteiger partial charge is 0.139 e. The van der Waals surface area contributed by atoms with Gasteiger partial charge in [-0.1, -0.05) is 0 Å². The van der Waals surface area contributed by atoms with Gasteiger partial charge in [-0.3, -0.25) is 5.41 Å². The van der Waals surface area contributed by atoms with Crippen molar-refractivity contribution in [3.8, 4) is 0 Å². The van der Waals surface area contributed by atoms with E-state index in [0.29, 0.717) is 6.61 Å². The zero-order chi connectivity index (χ0) is 15.2. The molecule has 0 fully saturated rings. The van der Waals surface area contributed by atoms with Crippen LogP contribution in [0.15, 0.2) is 6.07 Å². The molecule has 0 aromatic carbocycles. The lowest BCUT2D eigenvalue weighted by molar-refractivity contribution is 0.154. The van der Waals surface area contributed by atoms with Crippen molar-refractivity contribution in [3.05, 3.63) is 22.9 Å². The van der Waals surface area contributed by atoms with Gasteiger partial charge >= 0.3 is 0 Å². The summed E-state index contributed by atoms with van der Waals surface area (Å²) in [5.41, 5.74) is 8.98.